The molecule has 1 aromatic rings. The summed E-state index contributed by atoms with van der Waals surface area (Å²) in [5.41, 5.74) is 7.19. The van der Waals surface area contributed by atoms with Crippen LogP contribution in [-0.2, 0) is 16.0 Å². The van der Waals surface area contributed by atoms with Gasteiger partial charge in [0.1, 0.15) is 0 Å². The SMILES string of the molecule is CCCOCCC(N)c1c(Br)cnn1CCOC. The summed E-state index contributed by atoms with van der Waals surface area (Å²) in [6, 6.07) is -0.0735. The van der Waals surface area contributed by atoms with Crippen LogP contribution in [0.5, 0.6) is 0 Å². The lowest BCUT2D eigenvalue weighted by molar-refractivity contribution is 0.126. The fourth-order valence-corrected chi connectivity index (χ4v) is 2.28. The third kappa shape index (κ3) is 4.68. The minimum absolute atomic E-state index is 0.0735. The van der Waals surface area contributed by atoms with Crippen molar-refractivity contribution < 1.29 is 9.47 Å². The molecule has 6 heteroatoms. The van der Waals surface area contributed by atoms with Crippen LogP contribution in [0.3, 0.4) is 0 Å². The molecule has 0 aliphatic rings. The molecule has 1 heterocycles. The number of halogens is 1. The predicted octanol–water partition coefficient (Wildman–Crippen LogP) is 2.11. The highest BCUT2D eigenvalue weighted by atomic mass is 79.9. The summed E-state index contributed by atoms with van der Waals surface area (Å²) in [6.45, 7) is 4.89. The van der Waals surface area contributed by atoms with E-state index in [2.05, 4.69) is 28.0 Å². The van der Waals surface area contributed by atoms with E-state index in [9.17, 15) is 0 Å². The van der Waals surface area contributed by atoms with Crippen molar-refractivity contribution >= 4 is 15.9 Å². The molecule has 2 N–H and O–H groups in total. The molecule has 0 aliphatic carbocycles. The molecule has 5 nitrogen and oxygen atoms in total. The van der Waals surface area contributed by atoms with Crippen LogP contribution in [0.1, 0.15) is 31.5 Å². The van der Waals surface area contributed by atoms with E-state index in [0.29, 0.717) is 19.8 Å². The van der Waals surface area contributed by atoms with Crippen molar-refractivity contribution in [2.75, 3.05) is 26.9 Å². The van der Waals surface area contributed by atoms with Gasteiger partial charge in [-0.15, -0.1) is 0 Å². The number of ether oxygens (including phenoxy) is 2. The lowest BCUT2D eigenvalue weighted by Gasteiger charge is -2.15. The highest BCUT2D eigenvalue weighted by Crippen LogP contribution is 2.23. The Morgan fingerprint density at radius 3 is 2.89 bits per heavy atom. The molecule has 1 rings (SSSR count). The zero-order chi connectivity index (χ0) is 13.4. The summed E-state index contributed by atoms with van der Waals surface area (Å²) >= 11 is 3.49. The number of hydrogen-bond acceptors (Lipinski definition) is 4. The van der Waals surface area contributed by atoms with Crippen LogP contribution in [0.2, 0.25) is 0 Å². The molecule has 0 fully saturated rings. The summed E-state index contributed by atoms with van der Waals surface area (Å²) in [5, 5.41) is 4.29. The molecular weight excluding hydrogens is 298 g/mol. The first-order valence-electron chi connectivity index (χ1n) is 6.24. The Kier molecular flexibility index (Phi) is 7.50. The fourth-order valence-electron chi connectivity index (χ4n) is 1.69. The van der Waals surface area contributed by atoms with Crippen molar-refractivity contribution in [3.63, 3.8) is 0 Å². The second-order valence-corrected chi connectivity index (χ2v) is 4.96. The van der Waals surface area contributed by atoms with Crippen LogP contribution < -0.4 is 5.73 Å². The second-order valence-electron chi connectivity index (χ2n) is 4.10. The Morgan fingerprint density at radius 2 is 2.22 bits per heavy atom. The summed E-state index contributed by atoms with van der Waals surface area (Å²) < 4.78 is 13.4. The Morgan fingerprint density at radius 1 is 1.44 bits per heavy atom. The van der Waals surface area contributed by atoms with Crippen molar-refractivity contribution in [2.45, 2.75) is 32.4 Å². The quantitative estimate of drug-likeness (QED) is 0.708. The number of hydrogen-bond donors (Lipinski definition) is 1. The smallest absolute Gasteiger partial charge is 0.0695 e. The Balaban J connectivity index is 2.54. The molecule has 0 radical (unpaired) electrons. The van der Waals surface area contributed by atoms with Gasteiger partial charge in [-0.1, -0.05) is 6.92 Å². The first-order valence-corrected chi connectivity index (χ1v) is 7.03. The van der Waals surface area contributed by atoms with Crippen molar-refractivity contribution in [3.8, 4) is 0 Å². The van der Waals surface area contributed by atoms with Gasteiger partial charge in [0.05, 0.1) is 35.6 Å². The molecule has 0 bridgehead atoms. The predicted molar refractivity (Wildman–Crippen MR) is 74.5 cm³/mol. The molecule has 0 spiro atoms. The zero-order valence-electron chi connectivity index (χ0n) is 11.1. The molecule has 0 amide bonds. The van der Waals surface area contributed by atoms with Gasteiger partial charge in [0.2, 0.25) is 0 Å². The number of nitrogens with two attached hydrogens (primary N) is 1. The Bertz CT molecular complexity index is 344. The number of aromatic nitrogens is 2. The molecule has 1 aromatic heterocycles. The van der Waals surface area contributed by atoms with E-state index < -0.39 is 0 Å². The molecule has 0 aromatic carbocycles. The van der Waals surface area contributed by atoms with Gasteiger partial charge < -0.3 is 15.2 Å². The maximum absolute atomic E-state index is 6.18. The maximum atomic E-state index is 6.18. The minimum atomic E-state index is -0.0735. The standard InChI is InChI=1S/C12H22BrN3O2/c1-3-6-18-7-4-11(14)12-10(13)9-15-16(12)5-8-17-2/h9,11H,3-8,14H2,1-2H3. The summed E-state index contributed by atoms with van der Waals surface area (Å²) in [5.74, 6) is 0. The molecule has 18 heavy (non-hydrogen) atoms. The molecule has 0 saturated carbocycles. The van der Waals surface area contributed by atoms with Crippen LogP contribution in [0.15, 0.2) is 10.7 Å². The molecular formula is C12H22BrN3O2. The average Bonchev–Trinajstić information content (AvgIpc) is 2.73. The van der Waals surface area contributed by atoms with E-state index >= 15 is 0 Å². The van der Waals surface area contributed by atoms with E-state index in [1.165, 1.54) is 0 Å². The van der Waals surface area contributed by atoms with Crippen LogP contribution in [0.25, 0.3) is 0 Å². The van der Waals surface area contributed by atoms with Crippen molar-refractivity contribution in [1.82, 2.24) is 9.78 Å². The monoisotopic (exact) mass is 319 g/mol. The fraction of sp³-hybridized carbons (Fsp3) is 0.750. The molecule has 104 valence electrons. The van der Waals surface area contributed by atoms with Gasteiger partial charge in [-0.25, -0.2) is 0 Å². The van der Waals surface area contributed by atoms with Gasteiger partial charge in [0.15, 0.2) is 0 Å². The number of nitrogens with zero attached hydrogens (tertiary/aromatic N) is 2. The van der Waals surface area contributed by atoms with E-state index in [1.54, 1.807) is 13.3 Å². The van der Waals surface area contributed by atoms with Crippen molar-refractivity contribution in [3.05, 3.63) is 16.4 Å². The van der Waals surface area contributed by atoms with Crippen LogP contribution in [0, 0.1) is 0 Å². The van der Waals surface area contributed by atoms with E-state index in [1.807, 2.05) is 4.68 Å². The van der Waals surface area contributed by atoms with Crippen molar-refractivity contribution in [2.24, 2.45) is 5.73 Å². The lowest BCUT2D eigenvalue weighted by atomic mass is 10.1. The normalized spacial score (nSPS) is 12.9. The lowest BCUT2D eigenvalue weighted by Crippen LogP contribution is -2.20. The van der Waals surface area contributed by atoms with E-state index in [0.717, 1.165) is 29.6 Å². The summed E-state index contributed by atoms with van der Waals surface area (Å²) in [7, 11) is 1.68. The third-order valence-electron chi connectivity index (χ3n) is 2.61. The van der Waals surface area contributed by atoms with Gasteiger partial charge in [-0.2, -0.15) is 5.10 Å². The van der Waals surface area contributed by atoms with Crippen LogP contribution in [0.4, 0.5) is 0 Å². The Hall–Kier alpha value is -0.430. The van der Waals surface area contributed by atoms with E-state index in [4.69, 9.17) is 15.2 Å². The van der Waals surface area contributed by atoms with Gasteiger partial charge in [0.25, 0.3) is 0 Å². The minimum Gasteiger partial charge on any atom is -0.383 e. The molecule has 0 saturated heterocycles. The number of rotatable bonds is 9. The van der Waals surface area contributed by atoms with Gasteiger partial charge in [-0.3, -0.25) is 4.68 Å². The van der Waals surface area contributed by atoms with E-state index in [-0.39, 0.29) is 6.04 Å². The largest absolute Gasteiger partial charge is 0.383 e. The average molecular weight is 320 g/mol. The molecule has 1 atom stereocenters. The van der Waals surface area contributed by atoms with Crippen LogP contribution in [-0.4, -0.2) is 36.7 Å². The Labute approximate surface area is 117 Å². The topological polar surface area (TPSA) is 62.3 Å². The van der Waals surface area contributed by atoms with Gasteiger partial charge in [-0.05, 0) is 28.8 Å². The summed E-state index contributed by atoms with van der Waals surface area (Å²) in [6.07, 6.45) is 3.60. The third-order valence-corrected chi connectivity index (χ3v) is 3.22. The molecule has 1 unspecified atom stereocenters. The van der Waals surface area contributed by atoms with Gasteiger partial charge >= 0.3 is 0 Å². The zero-order valence-corrected chi connectivity index (χ0v) is 12.6. The molecule has 0 aliphatic heterocycles. The van der Waals surface area contributed by atoms with Crippen molar-refractivity contribution in [1.29, 1.82) is 0 Å². The first-order chi connectivity index (χ1) is 8.70. The van der Waals surface area contributed by atoms with Crippen LogP contribution >= 0.6 is 15.9 Å². The highest BCUT2D eigenvalue weighted by Gasteiger charge is 2.16. The second kappa shape index (κ2) is 8.63. The van der Waals surface area contributed by atoms with Gasteiger partial charge in [0, 0.05) is 20.3 Å². The maximum Gasteiger partial charge on any atom is 0.0695 e. The number of methoxy groups -OCH3 is 1. The summed E-state index contributed by atoms with van der Waals surface area (Å²) in [4.78, 5) is 0. The first kappa shape index (κ1) is 15.6. The highest BCUT2D eigenvalue weighted by molar-refractivity contribution is 9.10.